The molecule has 0 radical (unpaired) electrons. The van der Waals surface area contributed by atoms with Crippen LogP contribution in [0.1, 0.15) is 0 Å². The van der Waals surface area contributed by atoms with E-state index in [9.17, 15) is 19.2 Å². The lowest BCUT2D eigenvalue weighted by atomic mass is 10.0. The topological polar surface area (TPSA) is 123 Å². The fourth-order valence-corrected chi connectivity index (χ4v) is 3.95. The maximum absolute atomic E-state index is 13.3. The molecule has 0 unspecified atom stereocenters. The van der Waals surface area contributed by atoms with E-state index in [0.717, 1.165) is 10.1 Å². The average Bonchev–Trinajstić information content (AvgIpc) is 2.92. The number of carbonyl (C=O) groups is 3. The zero-order chi connectivity index (χ0) is 27.6. The number of fused-ring (bicyclic) bond motifs is 2. The molecule has 11 nitrogen and oxygen atoms in total. The smallest absolute Gasteiger partial charge is 0.272 e. The van der Waals surface area contributed by atoms with Crippen molar-refractivity contribution in [1.82, 2.24) is 19.8 Å². The van der Waals surface area contributed by atoms with Crippen LogP contribution in [0.4, 0.5) is 5.69 Å². The quantitative estimate of drug-likeness (QED) is 0.451. The molecule has 0 atom stereocenters. The van der Waals surface area contributed by atoms with E-state index < -0.39 is 17.4 Å². The minimum absolute atomic E-state index is 0.0261. The molecule has 0 saturated heterocycles. The summed E-state index contributed by atoms with van der Waals surface area (Å²) in [5.74, 6) is -0.861. The van der Waals surface area contributed by atoms with Crippen LogP contribution in [-0.4, -0.2) is 73.1 Å². The average molecular weight is 518 g/mol. The number of rotatable bonds is 8. The van der Waals surface area contributed by atoms with Gasteiger partial charge in [-0.1, -0.05) is 31.4 Å². The van der Waals surface area contributed by atoms with Crippen LogP contribution in [0.25, 0.3) is 27.7 Å². The summed E-state index contributed by atoms with van der Waals surface area (Å²) >= 11 is 0. The third-order valence-electron chi connectivity index (χ3n) is 6.20. The number of benzene rings is 2. The molecule has 1 aromatic heterocycles. The lowest BCUT2D eigenvalue weighted by molar-refractivity contribution is -0.128. The highest BCUT2D eigenvalue weighted by molar-refractivity contribution is 6.15. The van der Waals surface area contributed by atoms with E-state index in [1.54, 1.807) is 38.4 Å². The van der Waals surface area contributed by atoms with E-state index in [2.05, 4.69) is 23.5 Å². The molecule has 3 amide bonds. The van der Waals surface area contributed by atoms with E-state index in [1.165, 1.54) is 23.2 Å². The summed E-state index contributed by atoms with van der Waals surface area (Å²) in [6.45, 7) is 7.94. The largest absolute Gasteiger partial charge is 0.482 e. The normalized spacial score (nSPS) is 12.5. The van der Waals surface area contributed by atoms with Gasteiger partial charge in [0.15, 0.2) is 6.61 Å². The second-order valence-corrected chi connectivity index (χ2v) is 8.64. The lowest BCUT2D eigenvalue weighted by Gasteiger charge is -2.26. The number of hydrogen-bond donors (Lipinski definition) is 1. The van der Waals surface area contributed by atoms with Crippen LogP contribution in [0.15, 0.2) is 66.4 Å². The number of nitrogens with one attached hydrogen (secondary N) is 1. The van der Waals surface area contributed by atoms with Crippen molar-refractivity contribution in [3.63, 3.8) is 0 Å². The van der Waals surface area contributed by atoms with Crippen molar-refractivity contribution in [2.24, 2.45) is 0 Å². The minimum atomic E-state index is -0.773. The van der Waals surface area contributed by atoms with Gasteiger partial charge in [-0.2, -0.15) is 0 Å². The zero-order valence-corrected chi connectivity index (χ0v) is 21.3. The van der Waals surface area contributed by atoms with Gasteiger partial charge in [0.2, 0.25) is 0 Å². The number of methoxy groups -OCH3 is 1. The van der Waals surface area contributed by atoms with Crippen LogP contribution in [0.5, 0.6) is 5.75 Å². The number of para-hydroxylation sites is 1. The molecule has 0 bridgehead atoms. The summed E-state index contributed by atoms with van der Waals surface area (Å²) in [5, 5.41) is 2.64. The van der Waals surface area contributed by atoms with Crippen molar-refractivity contribution in [2.75, 3.05) is 45.9 Å². The Morgan fingerprint density at radius 1 is 1.21 bits per heavy atom. The van der Waals surface area contributed by atoms with Crippen LogP contribution >= 0.6 is 0 Å². The van der Waals surface area contributed by atoms with Gasteiger partial charge in [0.1, 0.15) is 17.8 Å². The van der Waals surface area contributed by atoms with E-state index in [-0.39, 0.29) is 29.3 Å². The van der Waals surface area contributed by atoms with Gasteiger partial charge in [-0.05, 0) is 23.8 Å². The fourth-order valence-electron chi connectivity index (χ4n) is 3.95. The predicted molar refractivity (Wildman–Crippen MR) is 142 cm³/mol. The van der Waals surface area contributed by atoms with Crippen molar-refractivity contribution in [3.05, 3.63) is 71.9 Å². The molecule has 3 aromatic rings. The predicted octanol–water partition coefficient (Wildman–Crippen LogP) is 1.62. The molecule has 0 spiro atoms. The van der Waals surface area contributed by atoms with Gasteiger partial charge in [0, 0.05) is 33.3 Å². The molecule has 11 heteroatoms. The number of carbonyl (C=O) groups excluding carboxylic acids is 3. The highest BCUT2D eigenvalue weighted by Crippen LogP contribution is 2.36. The highest BCUT2D eigenvalue weighted by Gasteiger charge is 2.23. The van der Waals surface area contributed by atoms with Crippen molar-refractivity contribution in [1.29, 1.82) is 0 Å². The van der Waals surface area contributed by atoms with Gasteiger partial charge in [-0.25, -0.2) is 4.98 Å². The molecule has 0 aliphatic carbocycles. The van der Waals surface area contributed by atoms with Crippen molar-refractivity contribution in [2.45, 2.75) is 0 Å². The maximum atomic E-state index is 13.3. The number of anilines is 1. The van der Waals surface area contributed by atoms with Crippen LogP contribution < -0.4 is 20.5 Å². The van der Waals surface area contributed by atoms with Gasteiger partial charge in [0.05, 0.1) is 28.9 Å². The molecule has 0 saturated carbocycles. The first-order valence-electron chi connectivity index (χ1n) is 11.6. The second-order valence-electron chi connectivity index (χ2n) is 8.64. The highest BCUT2D eigenvalue weighted by atomic mass is 16.5. The maximum Gasteiger partial charge on any atom is 0.272 e. The van der Waals surface area contributed by atoms with Gasteiger partial charge in [-0.15, -0.1) is 0 Å². The first-order valence-corrected chi connectivity index (χ1v) is 11.6. The Morgan fingerprint density at radius 2 is 1.97 bits per heavy atom. The third kappa shape index (κ3) is 4.91. The molecule has 2 heterocycles. The number of amides is 3. The molecule has 4 rings (SSSR count). The van der Waals surface area contributed by atoms with E-state index in [1.807, 2.05) is 12.1 Å². The molecular formula is C27H27N5O6. The first-order chi connectivity index (χ1) is 18.1. The SMILES string of the molecule is C=C(NC(=O)C(=C)n1cnc2c(-c3ccc4c(c3)N(C)C(=O)CO4)cccc2c1=O)C(=O)N(C)CCOC. The first kappa shape index (κ1) is 26.3. The Labute approximate surface area is 218 Å². The number of hydrogen-bond acceptors (Lipinski definition) is 7. The molecule has 38 heavy (non-hydrogen) atoms. The Balaban J connectivity index is 1.62. The third-order valence-corrected chi connectivity index (χ3v) is 6.20. The van der Waals surface area contributed by atoms with Crippen molar-refractivity contribution < 1.29 is 23.9 Å². The van der Waals surface area contributed by atoms with Crippen LogP contribution in [-0.2, 0) is 19.1 Å². The Bertz CT molecular complexity index is 1540. The number of likely N-dealkylation sites (N-methyl/N-ethyl adjacent to an activating group) is 2. The van der Waals surface area contributed by atoms with Crippen molar-refractivity contribution >= 4 is 40.0 Å². The lowest BCUT2D eigenvalue weighted by Crippen LogP contribution is -2.38. The summed E-state index contributed by atoms with van der Waals surface area (Å²) in [6, 6.07) is 10.5. The molecule has 1 aliphatic heterocycles. The summed E-state index contributed by atoms with van der Waals surface area (Å²) < 4.78 is 11.5. The number of nitrogens with zero attached hydrogens (tertiary/aromatic N) is 4. The fraction of sp³-hybridized carbons (Fsp3) is 0.222. The Kier molecular flexibility index (Phi) is 7.40. The summed E-state index contributed by atoms with van der Waals surface area (Å²) in [4.78, 5) is 57.9. The van der Waals surface area contributed by atoms with Gasteiger partial charge >= 0.3 is 0 Å². The standard InChI is InChI=1S/C27H27N5O6/c1-16(26(35)30(3)11-12-37-5)29-25(34)17(2)32-15-28-24-19(7-6-8-20(24)27(32)36)18-9-10-22-21(13-18)31(4)23(33)14-38-22/h6-10,13,15H,1-2,11-12,14H2,3-5H3,(H,29,34). The molecule has 196 valence electrons. The monoisotopic (exact) mass is 517 g/mol. The number of ether oxygens (including phenoxy) is 2. The van der Waals surface area contributed by atoms with E-state index in [4.69, 9.17) is 9.47 Å². The van der Waals surface area contributed by atoms with Crippen LogP contribution in [0.2, 0.25) is 0 Å². The van der Waals surface area contributed by atoms with Gasteiger partial charge in [0.25, 0.3) is 23.3 Å². The summed E-state index contributed by atoms with van der Waals surface area (Å²) in [7, 11) is 4.73. The molecule has 1 aliphatic rings. The number of aromatic nitrogens is 2. The van der Waals surface area contributed by atoms with Crippen LogP contribution in [0, 0.1) is 0 Å². The second kappa shape index (κ2) is 10.7. The van der Waals surface area contributed by atoms with Crippen LogP contribution in [0.3, 0.4) is 0 Å². The van der Waals surface area contributed by atoms with Gasteiger partial charge in [-0.3, -0.25) is 23.7 Å². The van der Waals surface area contributed by atoms with Crippen molar-refractivity contribution in [3.8, 4) is 16.9 Å². The van der Waals surface area contributed by atoms with E-state index >= 15 is 0 Å². The molecule has 0 fully saturated rings. The molecule has 2 aromatic carbocycles. The Morgan fingerprint density at radius 3 is 2.71 bits per heavy atom. The zero-order valence-electron chi connectivity index (χ0n) is 21.3. The summed E-state index contributed by atoms with van der Waals surface area (Å²) in [6.07, 6.45) is 1.21. The van der Waals surface area contributed by atoms with Gasteiger partial charge < -0.3 is 24.6 Å². The molecular weight excluding hydrogens is 490 g/mol. The molecule has 1 N–H and O–H groups in total. The minimum Gasteiger partial charge on any atom is -0.482 e. The Hall–Kier alpha value is -4.77. The van der Waals surface area contributed by atoms with E-state index in [0.29, 0.717) is 35.7 Å². The summed E-state index contributed by atoms with van der Waals surface area (Å²) in [5.41, 5.74) is 1.50.